The summed E-state index contributed by atoms with van der Waals surface area (Å²) in [5.74, 6) is 0.911. The number of hydrogen-bond acceptors (Lipinski definition) is 2. The van der Waals surface area contributed by atoms with E-state index in [1.165, 1.54) is 15.0 Å². The van der Waals surface area contributed by atoms with Gasteiger partial charge in [-0.25, -0.2) is 0 Å². The number of nitrogens with zero attached hydrogens (tertiary/aromatic N) is 1. The van der Waals surface area contributed by atoms with E-state index in [9.17, 15) is 0 Å². The molecule has 3 aromatic rings. The van der Waals surface area contributed by atoms with Gasteiger partial charge in [-0.2, -0.15) is 0 Å². The van der Waals surface area contributed by atoms with Crippen LogP contribution in [-0.4, -0.2) is 26.6 Å². The molecular weight excluding hydrogens is 253 g/mol. The van der Waals surface area contributed by atoms with Gasteiger partial charge < -0.3 is 0 Å². The zero-order valence-corrected chi connectivity index (χ0v) is 9.94. The Kier molecular flexibility index (Phi) is 2.01. The molecule has 3 heteroatoms. The van der Waals surface area contributed by atoms with Crippen LogP contribution in [0.2, 0.25) is 0 Å². The van der Waals surface area contributed by atoms with Crippen LogP contribution in [0.1, 0.15) is 0 Å². The summed E-state index contributed by atoms with van der Waals surface area (Å²) in [4.78, 5) is 4.36. The first-order valence-electron chi connectivity index (χ1n) is 4.68. The monoisotopic (exact) mass is 263 g/mol. The van der Waals surface area contributed by atoms with Crippen molar-refractivity contribution in [3.05, 3.63) is 35.4 Å². The van der Waals surface area contributed by atoms with Gasteiger partial charge >= 0.3 is 93.0 Å². The van der Waals surface area contributed by atoms with E-state index in [0.717, 1.165) is 11.3 Å². The molecule has 1 aromatic heterocycles. The fourth-order valence-corrected chi connectivity index (χ4v) is 3.49. The minimum atomic E-state index is 0.392. The van der Waals surface area contributed by atoms with Gasteiger partial charge in [0.05, 0.1) is 0 Å². The summed E-state index contributed by atoms with van der Waals surface area (Å²) < 4.78 is 6.61. The second-order valence-electron chi connectivity index (χ2n) is 3.35. The van der Waals surface area contributed by atoms with Crippen molar-refractivity contribution in [2.75, 3.05) is 7.11 Å². The zero-order chi connectivity index (χ0) is 10.3. The summed E-state index contributed by atoms with van der Waals surface area (Å²) >= 11 is 0.392. The average molecular weight is 262 g/mol. The van der Waals surface area contributed by atoms with E-state index >= 15 is 0 Å². The van der Waals surface area contributed by atoms with Crippen molar-refractivity contribution in [2.24, 2.45) is 0 Å². The number of ether oxygens (including phenoxy) is 1. The van der Waals surface area contributed by atoms with E-state index in [2.05, 4.69) is 29.2 Å². The number of benzene rings is 2. The van der Waals surface area contributed by atoms with Gasteiger partial charge in [0.15, 0.2) is 0 Å². The third-order valence-electron chi connectivity index (χ3n) is 2.52. The summed E-state index contributed by atoms with van der Waals surface area (Å²) in [6, 6.07) is 10.4. The van der Waals surface area contributed by atoms with E-state index in [0.29, 0.717) is 14.5 Å². The van der Waals surface area contributed by atoms with Crippen molar-refractivity contribution in [1.82, 2.24) is 4.98 Å². The molecule has 1 heterocycles. The molecule has 74 valence electrons. The van der Waals surface area contributed by atoms with Crippen LogP contribution in [0.25, 0.3) is 20.5 Å². The van der Waals surface area contributed by atoms with Crippen LogP contribution in [0.5, 0.6) is 5.75 Å². The first-order chi connectivity index (χ1) is 7.38. The van der Waals surface area contributed by atoms with Crippen LogP contribution in [0.3, 0.4) is 0 Å². The molecule has 0 saturated carbocycles. The minimum absolute atomic E-state index is 0.392. The topological polar surface area (TPSA) is 22.1 Å². The predicted molar refractivity (Wildman–Crippen MR) is 62.7 cm³/mol. The number of methoxy groups -OCH3 is 1. The van der Waals surface area contributed by atoms with Crippen molar-refractivity contribution >= 4 is 35.1 Å². The number of hydrogen-bond donors (Lipinski definition) is 0. The molecule has 0 atom stereocenters. The van der Waals surface area contributed by atoms with Crippen LogP contribution in [0, 0.1) is 0 Å². The fourth-order valence-electron chi connectivity index (χ4n) is 1.76. The Bertz CT molecular complexity index is 630. The standard InChI is InChI=1S/C12H9NOSe/c1-14-9-3-4-10-8(6-9)2-5-11-12(10)15-7-13-11/h2-7H,1H3. The van der Waals surface area contributed by atoms with Crippen LogP contribution in [0.4, 0.5) is 0 Å². The molecule has 15 heavy (non-hydrogen) atoms. The molecule has 0 saturated heterocycles. The van der Waals surface area contributed by atoms with Crippen molar-refractivity contribution in [3.8, 4) is 5.75 Å². The number of rotatable bonds is 1. The molecule has 0 aliphatic heterocycles. The summed E-state index contributed by atoms with van der Waals surface area (Å²) in [7, 11) is 1.70. The molecule has 0 amide bonds. The Labute approximate surface area is 93.3 Å². The Morgan fingerprint density at radius 1 is 1.20 bits per heavy atom. The van der Waals surface area contributed by atoms with Gasteiger partial charge in [0.25, 0.3) is 0 Å². The Hall–Kier alpha value is -1.31. The van der Waals surface area contributed by atoms with E-state index < -0.39 is 0 Å². The zero-order valence-electron chi connectivity index (χ0n) is 8.23. The van der Waals surface area contributed by atoms with Gasteiger partial charge in [-0.3, -0.25) is 0 Å². The van der Waals surface area contributed by atoms with E-state index in [4.69, 9.17) is 4.74 Å². The van der Waals surface area contributed by atoms with E-state index in [1.54, 1.807) is 7.11 Å². The molecule has 0 aliphatic carbocycles. The SMILES string of the molecule is COc1ccc2c(ccc3nc[se]c32)c1. The molecule has 3 rings (SSSR count). The maximum absolute atomic E-state index is 5.22. The third-order valence-corrected chi connectivity index (χ3v) is 4.36. The average Bonchev–Trinajstić information content (AvgIpc) is 2.76. The summed E-state index contributed by atoms with van der Waals surface area (Å²) in [6.07, 6.45) is 0. The maximum atomic E-state index is 5.22. The first kappa shape index (κ1) is 8.95. The van der Waals surface area contributed by atoms with Gasteiger partial charge in [0.2, 0.25) is 0 Å². The number of fused-ring (bicyclic) bond motifs is 3. The predicted octanol–water partition coefficient (Wildman–Crippen LogP) is 2.45. The molecule has 0 radical (unpaired) electrons. The fraction of sp³-hybridized carbons (Fsp3) is 0.0833. The van der Waals surface area contributed by atoms with Crippen molar-refractivity contribution < 1.29 is 4.74 Å². The Morgan fingerprint density at radius 2 is 2.13 bits per heavy atom. The van der Waals surface area contributed by atoms with Gasteiger partial charge in [-0.15, -0.1) is 0 Å². The molecule has 2 aromatic carbocycles. The van der Waals surface area contributed by atoms with Crippen molar-refractivity contribution in [1.29, 1.82) is 0 Å². The van der Waals surface area contributed by atoms with Crippen LogP contribution in [-0.2, 0) is 0 Å². The second-order valence-corrected chi connectivity index (χ2v) is 5.15. The Morgan fingerprint density at radius 3 is 3.00 bits per heavy atom. The second kappa shape index (κ2) is 3.37. The summed E-state index contributed by atoms with van der Waals surface area (Å²) in [6.45, 7) is 0. The Balaban J connectivity index is 2.44. The van der Waals surface area contributed by atoms with E-state index in [-0.39, 0.29) is 0 Å². The van der Waals surface area contributed by atoms with Crippen LogP contribution >= 0.6 is 0 Å². The van der Waals surface area contributed by atoms with Gasteiger partial charge in [-0.05, 0) is 0 Å². The van der Waals surface area contributed by atoms with Crippen molar-refractivity contribution in [2.45, 2.75) is 0 Å². The molecule has 0 N–H and O–H groups in total. The normalized spacial score (nSPS) is 11.0. The van der Waals surface area contributed by atoms with Gasteiger partial charge in [0, 0.05) is 0 Å². The molecule has 2 nitrogen and oxygen atoms in total. The molecule has 0 aliphatic rings. The van der Waals surface area contributed by atoms with Crippen LogP contribution < -0.4 is 4.74 Å². The molecule has 0 fully saturated rings. The quantitative estimate of drug-likeness (QED) is 0.628. The molecule has 0 bridgehead atoms. The number of aromatic nitrogens is 1. The summed E-state index contributed by atoms with van der Waals surface area (Å²) in [5.41, 5.74) is 1.13. The molecule has 0 unspecified atom stereocenters. The van der Waals surface area contributed by atoms with Crippen molar-refractivity contribution in [3.63, 3.8) is 0 Å². The summed E-state index contributed by atoms with van der Waals surface area (Å²) in [5, 5.41) is 4.58. The third kappa shape index (κ3) is 1.36. The first-order valence-corrected chi connectivity index (χ1v) is 6.53. The molecule has 0 spiro atoms. The van der Waals surface area contributed by atoms with E-state index in [1.807, 2.05) is 11.1 Å². The van der Waals surface area contributed by atoms with Gasteiger partial charge in [0.1, 0.15) is 0 Å². The van der Waals surface area contributed by atoms with Gasteiger partial charge in [-0.1, -0.05) is 0 Å². The van der Waals surface area contributed by atoms with Crippen LogP contribution in [0.15, 0.2) is 35.4 Å². The molecular formula is C12H9NOSe.